The van der Waals surface area contributed by atoms with Crippen LogP contribution in [0.5, 0.6) is 0 Å². The molecule has 4 heteroatoms. The lowest BCUT2D eigenvalue weighted by molar-refractivity contribution is 0.817. The van der Waals surface area contributed by atoms with Crippen LogP contribution in [0.3, 0.4) is 0 Å². The molecule has 0 radical (unpaired) electrons. The van der Waals surface area contributed by atoms with E-state index < -0.39 is 0 Å². The fourth-order valence-electron chi connectivity index (χ4n) is 1.75. The summed E-state index contributed by atoms with van der Waals surface area (Å²) in [6, 6.07) is 7.88. The topological polar surface area (TPSA) is 37.8 Å². The third-order valence-electron chi connectivity index (χ3n) is 3.02. The van der Waals surface area contributed by atoms with Crippen LogP contribution in [0.25, 0.3) is 11.4 Å². The van der Waals surface area contributed by atoms with Gasteiger partial charge in [0.25, 0.3) is 0 Å². The number of benzene rings is 1. The molecule has 19 heavy (non-hydrogen) atoms. The lowest BCUT2D eigenvalue weighted by atomic mass is 10.1. The standard InChI is InChI=1S/C15H18ClN3/c1-9(2)13-8-14(17-4)19-15(18-13)11-6-5-10(3)12(16)7-11/h5-9H,1-4H3,(H,17,18,19). The molecule has 1 heterocycles. The number of hydrogen-bond donors (Lipinski definition) is 1. The zero-order valence-corrected chi connectivity index (χ0v) is 12.4. The minimum Gasteiger partial charge on any atom is -0.373 e. The van der Waals surface area contributed by atoms with Crippen LogP contribution < -0.4 is 5.32 Å². The Balaban J connectivity index is 2.54. The van der Waals surface area contributed by atoms with Gasteiger partial charge in [-0.2, -0.15) is 0 Å². The molecule has 0 aliphatic heterocycles. The van der Waals surface area contributed by atoms with E-state index in [9.17, 15) is 0 Å². The zero-order valence-electron chi connectivity index (χ0n) is 11.7. The molecule has 0 fully saturated rings. The summed E-state index contributed by atoms with van der Waals surface area (Å²) in [5.74, 6) is 1.89. The van der Waals surface area contributed by atoms with Crippen molar-refractivity contribution in [2.24, 2.45) is 0 Å². The first-order valence-electron chi connectivity index (χ1n) is 6.34. The van der Waals surface area contributed by atoms with Gasteiger partial charge in [-0.3, -0.25) is 0 Å². The van der Waals surface area contributed by atoms with E-state index in [2.05, 4.69) is 29.1 Å². The number of anilines is 1. The van der Waals surface area contributed by atoms with Crippen LogP contribution in [0.1, 0.15) is 31.0 Å². The molecule has 0 aliphatic carbocycles. The molecule has 1 aromatic heterocycles. The molecule has 0 unspecified atom stereocenters. The molecule has 0 saturated heterocycles. The molecule has 100 valence electrons. The van der Waals surface area contributed by atoms with Crippen molar-refractivity contribution < 1.29 is 0 Å². The third kappa shape index (κ3) is 3.04. The van der Waals surface area contributed by atoms with Gasteiger partial charge in [0.05, 0.1) is 0 Å². The predicted molar refractivity (Wildman–Crippen MR) is 80.9 cm³/mol. The Labute approximate surface area is 119 Å². The normalized spacial score (nSPS) is 10.8. The van der Waals surface area contributed by atoms with Crippen molar-refractivity contribution in [3.8, 4) is 11.4 Å². The van der Waals surface area contributed by atoms with Crippen LogP contribution in [-0.2, 0) is 0 Å². The summed E-state index contributed by atoms with van der Waals surface area (Å²) >= 11 is 6.17. The molecule has 0 spiro atoms. The first-order valence-corrected chi connectivity index (χ1v) is 6.72. The average Bonchev–Trinajstić information content (AvgIpc) is 2.41. The SMILES string of the molecule is CNc1cc(C(C)C)nc(-c2ccc(C)c(Cl)c2)n1. The molecule has 3 nitrogen and oxygen atoms in total. The molecule has 0 bridgehead atoms. The van der Waals surface area contributed by atoms with E-state index in [1.165, 1.54) is 0 Å². The van der Waals surface area contributed by atoms with Crippen LogP contribution in [0.4, 0.5) is 5.82 Å². The molecule has 0 saturated carbocycles. The van der Waals surface area contributed by atoms with Gasteiger partial charge in [0, 0.05) is 29.4 Å². The fraction of sp³-hybridized carbons (Fsp3) is 0.333. The van der Waals surface area contributed by atoms with Gasteiger partial charge in [-0.05, 0) is 24.5 Å². The Morgan fingerprint density at radius 2 is 1.89 bits per heavy atom. The molecule has 0 atom stereocenters. The van der Waals surface area contributed by atoms with Crippen molar-refractivity contribution in [1.29, 1.82) is 0 Å². The summed E-state index contributed by atoms with van der Waals surface area (Å²) in [6.45, 7) is 6.22. The molecule has 2 aromatic rings. The molecule has 1 N–H and O–H groups in total. The van der Waals surface area contributed by atoms with E-state index in [4.69, 9.17) is 11.6 Å². The van der Waals surface area contributed by atoms with Crippen molar-refractivity contribution in [2.45, 2.75) is 26.7 Å². The van der Waals surface area contributed by atoms with E-state index in [1.807, 2.05) is 38.2 Å². The van der Waals surface area contributed by atoms with Gasteiger partial charge in [-0.1, -0.05) is 37.6 Å². The second-order valence-electron chi connectivity index (χ2n) is 4.87. The third-order valence-corrected chi connectivity index (χ3v) is 3.43. The van der Waals surface area contributed by atoms with Crippen LogP contribution in [0.2, 0.25) is 5.02 Å². The van der Waals surface area contributed by atoms with Crippen LogP contribution in [0, 0.1) is 6.92 Å². The number of aromatic nitrogens is 2. The minimum absolute atomic E-state index is 0.356. The Hall–Kier alpha value is -1.61. The highest BCUT2D eigenvalue weighted by Crippen LogP contribution is 2.25. The van der Waals surface area contributed by atoms with E-state index in [0.29, 0.717) is 11.7 Å². The quantitative estimate of drug-likeness (QED) is 0.909. The lowest BCUT2D eigenvalue weighted by Crippen LogP contribution is -2.02. The number of nitrogens with one attached hydrogen (secondary N) is 1. The summed E-state index contributed by atoms with van der Waals surface area (Å²) in [4.78, 5) is 9.11. The van der Waals surface area contributed by atoms with Gasteiger partial charge >= 0.3 is 0 Å². The Morgan fingerprint density at radius 1 is 1.16 bits per heavy atom. The van der Waals surface area contributed by atoms with Gasteiger partial charge in [-0.25, -0.2) is 9.97 Å². The molecule has 2 rings (SSSR count). The highest BCUT2D eigenvalue weighted by molar-refractivity contribution is 6.31. The molecule has 1 aromatic carbocycles. The number of aryl methyl sites for hydroxylation is 1. The number of halogens is 1. The van der Waals surface area contributed by atoms with Crippen LogP contribution in [-0.4, -0.2) is 17.0 Å². The van der Waals surface area contributed by atoms with Crippen LogP contribution in [0.15, 0.2) is 24.3 Å². The number of rotatable bonds is 3. The molecule has 0 aliphatic rings. The molecule has 0 amide bonds. The molecular formula is C15H18ClN3. The highest BCUT2D eigenvalue weighted by atomic mass is 35.5. The second kappa shape index (κ2) is 5.57. The second-order valence-corrected chi connectivity index (χ2v) is 5.28. The summed E-state index contributed by atoms with van der Waals surface area (Å²) in [5, 5.41) is 3.81. The summed E-state index contributed by atoms with van der Waals surface area (Å²) in [6.07, 6.45) is 0. The van der Waals surface area contributed by atoms with Crippen molar-refractivity contribution >= 4 is 17.4 Å². The maximum Gasteiger partial charge on any atom is 0.161 e. The Bertz CT molecular complexity index is 594. The molecular weight excluding hydrogens is 258 g/mol. The van der Waals surface area contributed by atoms with Crippen molar-refractivity contribution in [2.75, 3.05) is 12.4 Å². The van der Waals surface area contributed by atoms with Gasteiger partial charge in [0.1, 0.15) is 5.82 Å². The van der Waals surface area contributed by atoms with Gasteiger partial charge < -0.3 is 5.32 Å². The first kappa shape index (κ1) is 13.8. The van der Waals surface area contributed by atoms with Crippen molar-refractivity contribution in [3.05, 3.63) is 40.5 Å². The minimum atomic E-state index is 0.356. The first-order chi connectivity index (χ1) is 9.01. The smallest absolute Gasteiger partial charge is 0.161 e. The Morgan fingerprint density at radius 3 is 2.47 bits per heavy atom. The van der Waals surface area contributed by atoms with Crippen LogP contribution >= 0.6 is 11.6 Å². The van der Waals surface area contributed by atoms with E-state index in [-0.39, 0.29) is 0 Å². The summed E-state index contributed by atoms with van der Waals surface area (Å²) in [5.41, 5.74) is 3.01. The van der Waals surface area contributed by atoms with Gasteiger partial charge in [0.15, 0.2) is 5.82 Å². The number of hydrogen-bond acceptors (Lipinski definition) is 3. The van der Waals surface area contributed by atoms with Crippen molar-refractivity contribution in [1.82, 2.24) is 9.97 Å². The monoisotopic (exact) mass is 275 g/mol. The van der Waals surface area contributed by atoms with Crippen molar-refractivity contribution in [3.63, 3.8) is 0 Å². The van der Waals surface area contributed by atoms with E-state index in [0.717, 1.165) is 27.7 Å². The van der Waals surface area contributed by atoms with Gasteiger partial charge in [-0.15, -0.1) is 0 Å². The Kier molecular flexibility index (Phi) is 4.05. The summed E-state index contributed by atoms with van der Waals surface area (Å²) in [7, 11) is 1.86. The maximum atomic E-state index is 6.17. The van der Waals surface area contributed by atoms with E-state index in [1.54, 1.807) is 0 Å². The van der Waals surface area contributed by atoms with Gasteiger partial charge in [0.2, 0.25) is 0 Å². The zero-order chi connectivity index (χ0) is 14.0. The average molecular weight is 276 g/mol. The largest absolute Gasteiger partial charge is 0.373 e. The maximum absolute atomic E-state index is 6.17. The summed E-state index contributed by atoms with van der Waals surface area (Å²) < 4.78 is 0. The van der Waals surface area contributed by atoms with E-state index >= 15 is 0 Å². The lowest BCUT2D eigenvalue weighted by Gasteiger charge is -2.10. The number of nitrogens with zero attached hydrogens (tertiary/aromatic N) is 2. The predicted octanol–water partition coefficient (Wildman–Crippen LogP) is 4.27. The highest BCUT2D eigenvalue weighted by Gasteiger charge is 2.09. The fourth-order valence-corrected chi connectivity index (χ4v) is 1.93.